The van der Waals surface area contributed by atoms with E-state index < -0.39 is 0 Å². The van der Waals surface area contributed by atoms with Gasteiger partial charge in [-0.25, -0.2) is 0 Å². The van der Waals surface area contributed by atoms with Crippen molar-refractivity contribution in [3.05, 3.63) is 46.8 Å². The monoisotopic (exact) mass is 219 g/mol. The Hall–Kier alpha value is -2.04. The van der Waals surface area contributed by atoms with Gasteiger partial charge in [0.1, 0.15) is 0 Å². The molecule has 5 heteroatoms. The van der Waals surface area contributed by atoms with Crippen LogP contribution >= 0.6 is 0 Å². The van der Waals surface area contributed by atoms with E-state index in [1.165, 1.54) is 12.1 Å². The van der Waals surface area contributed by atoms with E-state index in [2.05, 4.69) is 11.8 Å². The second-order valence-electron chi connectivity index (χ2n) is 3.59. The molecule has 1 aromatic carbocycles. The van der Waals surface area contributed by atoms with Crippen molar-refractivity contribution in [2.45, 2.75) is 6.92 Å². The van der Waals surface area contributed by atoms with Crippen molar-refractivity contribution in [1.82, 2.24) is 4.90 Å². The third-order valence-electron chi connectivity index (χ3n) is 2.59. The number of anilines is 1. The lowest BCUT2D eigenvalue weighted by molar-refractivity contribution is -0.384. The first-order valence-corrected chi connectivity index (χ1v) is 5.14. The topological polar surface area (TPSA) is 49.6 Å². The molecular formula is C11H13N3O2. The first-order chi connectivity index (χ1) is 7.70. The van der Waals surface area contributed by atoms with Gasteiger partial charge in [-0.1, -0.05) is 0 Å². The number of nitro groups is 1. The highest BCUT2D eigenvalue weighted by atomic mass is 16.6. The van der Waals surface area contributed by atoms with Crippen molar-refractivity contribution in [3.63, 3.8) is 0 Å². The number of nitrogens with zero attached hydrogens (tertiary/aromatic N) is 3. The van der Waals surface area contributed by atoms with Gasteiger partial charge in [-0.3, -0.25) is 10.1 Å². The quantitative estimate of drug-likeness (QED) is 0.577. The Kier molecular flexibility index (Phi) is 2.76. The smallest absolute Gasteiger partial charge is 0.269 e. The fourth-order valence-electron chi connectivity index (χ4n) is 1.60. The minimum atomic E-state index is -0.387. The van der Waals surface area contributed by atoms with E-state index in [4.69, 9.17) is 0 Å². The summed E-state index contributed by atoms with van der Waals surface area (Å²) in [4.78, 5) is 14.3. The van der Waals surface area contributed by atoms with Crippen LogP contribution in [0, 0.1) is 10.1 Å². The number of rotatable bonds is 3. The summed E-state index contributed by atoms with van der Waals surface area (Å²) in [5.74, 6) is 0. The van der Waals surface area contributed by atoms with Gasteiger partial charge in [-0.05, 0) is 19.1 Å². The molecule has 1 aromatic rings. The Labute approximate surface area is 93.7 Å². The Morgan fingerprint density at radius 3 is 2.50 bits per heavy atom. The first kappa shape index (κ1) is 10.5. The van der Waals surface area contributed by atoms with Crippen LogP contribution in [0.2, 0.25) is 0 Å². The minimum absolute atomic E-state index is 0.124. The standard InChI is InChI=1S/C11H13N3O2/c1-2-12-7-8-13(9-12)10-3-5-11(6-4-10)14(15)16/h3-8H,2,9H2,1H3. The molecule has 1 aliphatic heterocycles. The molecule has 0 spiro atoms. The fourth-order valence-corrected chi connectivity index (χ4v) is 1.60. The molecule has 1 heterocycles. The Balaban J connectivity index is 2.11. The first-order valence-electron chi connectivity index (χ1n) is 5.14. The zero-order valence-electron chi connectivity index (χ0n) is 9.04. The summed E-state index contributed by atoms with van der Waals surface area (Å²) in [5.41, 5.74) is 1.09. The van der Waals surface area contributed by atoms with Gasteiger partial charge in [-0.2, -0.15) is 0 Å². The summed E-state index contributed by atoms with van der Waals surface area (Å²) in [7, 11) is 0. The highest BCUT2D eigenvalue weighted by molar-refractivity contribution is 5.53. The zero-order valence-corrected chi connectivity index (χ0v) is 9.04. The van der Waals surface area contributed by atoms with Gasteiger partial charge < -0.3 is 9.80 Å². The highest BCUT2D eigenvalue weighted by Crippen LogP contribution is 2.22. The maximum absolute atomic E-state index is 10.5. The van der Waals surface area contributed by atoms with E-state index in [9.17, 15) is 10.1 Å². The second kappa shape index (κ2) is 4.22. The molecule has 5 nitrogen and oxygen atoms in total. The lowest BCUT2D eigenvalue weighted by Crippen LogP contribution is -2.24. The summed E-state index contributed by atoms with van der Waals surface area (Å²) in [6.45, 7) is 3.85. The van der Waals surface area contributed by atoms with Crippen molar-refractivity contribution in [2.24, 2.45) is 0 Å². The summed E-state index contributed by atoms with van der Waals surface area (Å²) in [5, 5.41) is 10.5. The normalized spacial score (nSPS) is 14.6. The van der Waals surface area contributed by atoms with Crippen LogP contribution in [-0.4, -0.2) is 23.0 Å². The molecule has 0 atom stereocenters. The lowest BCUT2D eigenvalue weighted by atomic mass is 10.3. The largest absolute Gasteiger partial charge is 0.359 e. The Morgan fingerprint density at radius 2 is 2.00 bits per heavy atom. The third-order valence-corrected chi connectivity index (χ3v) is 2.59. The fraction of sp³-hybridized carbons (Fsp3) is 0.273. The molecule has 0 bridgehead atoms. The van der Waals surface area contributed by atoms with E-state index >= 15 is 0 Å². The predicted octanol–water partition coefficient (Wildman–Crippen LogP) is 2.17. The second-order valence-corrected chi connectivity index (χ2v) is 3.59. The molecule has 0 aromatic heterocycles. The van der Waals surface area contributed by atoms with Crippen LogP contribution in [0.3, 0.4) is 0 Å². The predicted molar refractivity (Wildman–Crippen MR) is 62.0 cm³/mol. The summed E-state index contributed by atoms with van der Waals surface area (Å²) < 4.78 is 0. The minimum Gasteiger partial charge on any atom is -0.359 e. The van der Waals surface area contributed by atoms with Crippen LogP contribution in [0.25, 0.3) is 0 Å². The number of nitro benzene ring substituents is 1. The average Bonchev–Trinajstić information content (AvgIpc) is 2.77. The molecule has 0 saturated heterocycles. The third kappa shape index (κ3) is 1.98. The highest BCUT2D eigenvalue weighted by Gasteiger charge is 2.13. The molecule has 0 aliphatic carbocycles. The number of hydrogen-bond acceptors (Lipinski definition) is 4. The van der Waals surface area contributed by atoms with Crippen LogP contribution in [0.5, 0.6) is 0 Å². The number of non-ortho nitro benzene ring substituents is 1. The van der Waals surface area contributed by atoms with Crippen molar-refractivity contribution in [1.29, 1.82) is 0 Å². The van der Waals surface area contributed by atoms with Crippen LogP contribution in [0.1, 0.15) is 6.92 Å². The van der Waals surface area contributed by atoms with Gasteiger partial charge in [0.15, 0.2) is 0 Å². The van der Waals surface area contributed by atoms with E-state index in [0.29, 0.717) is 0 Å². The molecule has 0 fully saturated rings. The van der Waals surface area contributed by atoms with Crippen LogP contribution in [0.4, 0.5) is 11.4 Å². The van der Waals surface area contributed by atoms with Crippen LogP contribution < -0.4 is 4.90 Å². The van der Waals surface area contributed by atoms with Gasteiger partial charge in [0.25, 0.3) is 5.69 Å². The van der Waals surface area contributed by atoms with Crippen molar-refractivity contribution in [3.8, 4) is 0 Å². The molecule has 84 valence electrons. The van der Waals surface area contributed by atoms with Crippen LogP contribution in [-0.2, 0) is 0 Å². The SMILES string of the molecule is CCN1C=CN(c2ccc([N+](=O)[O-])cc2)C1. The van der Waals surface area contributed by atoms with E-state index in [0.717, 1.165) is 18.9 Å². The van der Waals surface area contributed by atoms with Gasteiger partial charge >= 0.3 is 0 Å². The number of benzene rings is 1. The molecular weight excluding hydrogens is 206 g/mol. The van der Waals surface area contributed by atoms with Gasteiger partial charge in [0.2, 0.25) is 0 Å². The Bertz CT molecular complexity index is 414. The van der Waals surface area contributed by atoms with E-state index in [-0.39, 0.29) is 10.6 Å². The van der Waals surface area contributed by atoms with Crippen LogP contribution in [0.15, 0.2) is 36.7 Å². The average molecular weight is 219 g/mol. The van der Waals surface area contributed by atoms with Crippen molar-refractivity contribution in [2.75, 3.05) is 18.1 Å². The lowest BCUT2D eigenvalue weighted by Gasteiger charge is -2.19. The number of hydrogen-bond donors (Lipinski definition) is 0. The molecule has 16 heavy (non-hydrogen) atoms. The molecule has 0 unspecified atom stereocenters. The Morgan fingerprint density at radius 1 is 1.31 bits per heavy atom. The van der Waals surface area contributed by atoms with Crippen molar-refractivity contribution >= 4 is 11.4 Å². The molecule has 1 aliphatic rings. The maximum atomic E-state index is 10.5. The van der Waals surface area contributed by atoms with E-state index in [1.54, 1.807) is 12.1 Å². The van der Waals surface area contributed by atoms with E-state index in [1.807, 2.05) is 17.3 Å². The zero-order chi connectivity index (χ0) is 11.5. The summed E-state index contributed by atoms with van der Waals surface area (Å²) in [6.07, 6.45) is 3.99. The molecule has 0 amide bonds. The maximum Gasteiger partial charge on any atom is 0.269 e. The molecule has 0 N–H and O–H groups in total. The molecule has 0 radical (unpaired) electrons. The van der Waals surface area contributed by atoms with Gasteiger partial charge in [-0.15, -0.1) is 0 Å². The van der Waals surface area contributed by atoms with Gasteiger partial charge in [0.05, 0.1) is 11.6 Å². The summed E-state index contributed by atoms with van der Waals surface area (Å²) in [6, 6.07) is 6.58. The summed E-state index contributed by atoms with van der Waals surface area (Å²) >= 11 is 0. The van der Waals surface area contributed by atoms with Crippen molar-refractivity contribution < 1.29 is 4.92 Å². The molecule has 0 saturated carbocycles. The molecule has 2 rings (SSSR count). The van der Waals surface area contributed by atoms with Gasteiger partial charge in [0, 0.05) is 36.8 Å².